The number of anilines is 1. The molecule has 4 heteroatoms. The molecule has 172 valence electrons. The van der Waals surface area contributed by atoms with E-state index in [9.17, 15) is 4.79 Å². The zero-order valence-electron chi connectivity index (χ0n) is 20.9. The van der Waals surface area contributed by atoms with Gasteiger partial charge in [0.05, 0.1) is 11.4 Å². The maximum Gasteiger partial charge on any atom is 0.277 e. The van der Waals surface area contributed by atoms with E-state index in [2.05, 4.69) is 89.2 Å². The van der Waals surface area contributed by atoms with Gasteiger partial charge < -0.3 is 4.90 Å². The molecule has 0 saturated carbocycles. The zero-order valence-corrected chi connectivity index (χ0v) is 20.9. The first kappa shape index (κ1) is 22.1. The van der Waals surface area contributed by atoms with Gasteiger partial charge in [0.25, 0.3) is 5.91 Å². The summed E-state index contributed by atoms with van der Waals surface area (Å²) in [6, 6.07) is 19.1. The molecule has 5 rings (SSSR count). The SMILES string of the molecule is Cc1cc(C)c(-n2nc(C)c3c2C(=O)N(c2ccc(-c4ccccc4C)cc2C)CC3)cc1C. The lowest BCUT2D eigenvalue weighted by Gasteiger charge is -2.29. The number of aryl methyl sites for hydroxylation is 6. The van der Waals surface area contributed by atoms with Crippen LogP contribution in [0.1, 0.15) is 49.6 Å². The van der Waals surface area contributed by atoms with Gasteiger partial charge >= 0.3 is 0 Å². The Morgan fingerprint density at radius 2 is 1.44 bits per heavy atom. The largest absolute Gasteiger partial charge is 0.306 e. The highest BCUT2D eigenvalue weighted by atomic mass is 16.2. The van der Waals surface area contributed by atoms with Gasteiger partial charge in [-0.3, -0.25) is 4.79 Å². The number of benzene rings is 3. The first-order valence-corrected chi connectivity index (χ1v) is 11.9. The molecule has 1 aromatic heterocycles. The number of nitrogens with zero attached hydrogens (tertiary/aromatic N) is 3. The first-order valence-electron chi connectivity index (χ1n) is 11.9. The lowest BCUT2D eigenvalue weighted by Crippen LogP contribution is -2.39. The van der Waals surface area contributed by atoms with Crippen molar-refractivity contribution in [2.45, 2.75) is 48.0 Å². The number of rotatable bonds is 3. The van der Waals surface area contributed by atoms with Crippen molar-refractivity contribution in [1.29, 1.82) is 0 Å². The van der Waals surface area contributed by atoms with Gasteiger partial charge in [-0.1, -0.05) is 36.4 Å². The van der Waals surface area contributed by atoms with Crippen molar-refractivity contribution in [3.63, 3.8) is 0 Å². The Morgan fingerprint density at radius 1 is 0.735 bits per heavy atom. The Hall–Kier alpha value is -3.66. The van der Waals surface area contributed by atoms with Crippen LogP contribution in [0.25, 0.3) is 16.8 Å². The number of amides is 1. The predicted octanol–water partition coefficient (Wildman–Crippen LogP) is 6.59. The minimum absolute atomic E-state index is 0.0196. The minimum atomic E-state index is 0.0196. The third-order valence-electron chi connectivity index (χ3n) is 7.20. The van der Waals surface area contributed by atoms with Crippen molar-refractivity contribution in [1.82, 2.24) is 9.78 Å². The van der Waals surface area contributed by atoms with E-state index in [0.29, 0.717) is 12.2 Å². The molecule has 4 nitrogen and oxygen atoms in total. The topological polar surface area (TPSA) is 38.1 Å². The molecule has 0 saturated heterocycles. The van der Waals surface area contributed by atoms with Crippen molar-refractivity contribution in [2.75, 3.05) is 11.4 Å². The second kappa shape index (κ2) is 8.28. The van der Waals surface area contributed by atoms with E-state index in [1.54, 1.807) is 0 Å². The van der Waals surface area contributed by atoms with E-state index < -0.39 is 0 Å². The molecule has 34 heavy (non-hydrogen) atoms. The average Bonchev–Trinajstić information content (AvgIpc) is 3.14. The lowest BCUT2D eigenvalue weighted by molar-refractivity contribution is 0.0973. The Kier molecular flexibility index (Phi) is 5.40. The fraction of sp³-hybridized carbons (Fsp3) is 0.267. The van der Waals surface area contributed by atoms with Crippen LogP contribution in [-0.2, 0) is 6.42 Å². The number of aromatic nitrogens is 2. The maximum atomic E-state index is 13.9. The molecular weight excluding hydrogens is 418 g/mol. The van der Waals surface area contributed by atoms with E-state index in [0.717, 1.165) is 40.2 Å². The van der Waals surface area contributed by atoms with Crippen LogP contribution in [0.2, 0.25) is 0 Å². The zero-order chi connectivity index (χ0) is 24.1. The van der Waals surface area contributed by atoms with Gasteiger partial charge in [-0.15, -0.1) is 0 Å². The number of hydrogen-bond donors (Lipinski definition) is 0. The van der Waals surface area contributed by atoms with Crippen LogP contribution in [0.5, 0.6) is 0 Å². The molecule has 0 fully saturated rings. The van der Waals surface area contributed by atoms with Crippen molar-refractivity contribution in [3.8, 4) is 16.8 Å². The van der Waals surface area contributed by atoms with Crippen molar-refractivity contribution in [2.24, 2.45) is 0 Å². The fourth-order valence-electron chi connectivity index (χ4n) is 5.13. The van der Waals surface area contributed by atoms with E-state index in [-0.39, 0.29) is 5.91 Å². The second-order valence-electron chi connectivity index (χ2n) is 9.57. The van der Waals surface area contributed by atoms with Gasteiger partial charge in [-0.05, 0) is 105 Å². The first-order chi connectivity index (χ1) is 16.3. The quantitative estimate of drug-likeness (QED) is 0.354. The molecule has 3 aromatic carbocycles. The molecule has 0 radical (unpaired) electrons. The van der Waals surface area contributed by atoms with E-state index in [1.807, 2.05) is 16.5 Å². The number of carbonyl (C=O) groups is 1. The van der Waals surface area contributed by atoms with E-state index in [4.69, 9.17) is 5.10 Å². The summed E-state index contributed by atoms with van der Waals surface area (Å²) >= 11 is 0. The highest BCUT2D eigenvalue weighted by Gasteiger charge is 2.33. The molecule has 4 aromatic rings. The van der Waals surface area contributed by atoms with Gasteiger partial charge in [-0.25, -0.2) is 4.68 Å². The fourth-order valence-corrected chi connectivity index (χ4v) is 5.13. The van der Waals surface area contributed by atoms with E-state index >= 15 is 0 Å². The van der Waals surface area contributed by atoms with Crippen molar-refractivity contribution >= 4 is 11.6 Å². The second-order valence-corrected chi connectivity index (χ2v) is 9.57. The summed E-state index contributed by atoms with van der Waals surface area (Å²) in [5.41, 5.74) is 13.0. The summed E-state index contributed by atoms with van der Waals surface area (Å²) in [4.78, 5) is 15.8. The molecule has 1 aliphatic heterocycles. The molecule has 2 heterocycles. The monoisotopic (exact) mass is 449 g/mol. The van der Waals surface area contributed by atoms with E-state index in [1.165, 1.54) is 27.8 Å². The van der Waals surface area contributed by atoms with Crippen LogP contribution < -0.4 is 4.90 Å². The third kappa shape index (κ3) is 3.54. The molecule has 0 bridgehead atoms. The number of hydrogen-bond acceptors (Lipinski definition) is 2. The standard InChI is InChI=1S/C30H31N3O/c1-18-9-7-8-10-25(18)24-11-12-27(22(5)16-24)32-14-13-26-23(6)31-33(29(26)30(32)34)28-17-20(3)19(2)15-21(28)4/h7-12,15-17H,13-14H2,1-6H3. The molecule has 0 spiro atoms. The van der Waals surface area contributed by atoms with Gasteiger partial charge in [-0.2, -0.15) is 5.10 Å². The molecule has 0 aliphatic carbocycles. The highest BCUT2D eigenvalue weighted by molar-refractivity contribution is 6.08. The van der Waals surface area contributed by atoms with Crippen LogP contribution in [0.15, 0.2) is 54.6 Å². The highest BCUT2D eigenvalue weighted by Crippen LogP contribution is 2.34. The van der Waals surface area contributed by atoms with Crippen LogP contribution in [-0.4, -0.2) is 22.2 Å². The van der Waals surface area contributed by atoms with Gasteiger partial charge in [0, 0.05) is 17.8 Å². The summed E-state index contributed by atoms with van der Waals surface area (Å²) in [5, 5.41) is 4.83. The Labute approximate surface area is 201 Å². The van der Waals surface area contributed by atoms with Gasteiger partial charge in [0.2, 0.25) is 0 Å². The van der Waals surface area contributed by atoms with Crippen LogP contribution in [0, 0.1) is 41.5 Å². The van der Waals surface area contributed by atoms with Gasteiger partial charge in [0.15, 0.2) is 0 Å². The van der Waals surface area contributed by atoms with Crippen LogP contribution >= 0.6 is 0 Å². The summed E-state index contributed by atoms with van der Waals surface area (Å²) in [7, 11) is 0. The van der Waals surface area contributed by atoms with Gasteiger partial charge in [0.1, 0.15) is 5.69 Å². The molecule has 1 aliphatic rings. The summed E-state index contributed by atoms with van der Waals surface area (Å²) < 4.78 is 1.87. The van der Waals surface area contributed by atoms with Crippen molar-refractivity contribution in [3.05, 3.63) is 99.4 Å². The Balaban J connectivity index is 1.57. The number of fused-ring (bicyclic) bond motifs is 1. The lowest BCUT2D eigenvalue weighted by atomic mass is 9.97. The summed E-state index contributed by atoms with van der Waals surface area (Å²) in [5.74, 6) is 0.0196. The Bertz CT molecular complexity index is 1440. The third-order valence-corrected chi connectivity index (χ3v) is 7.20. The summed E-state index contributed by atoms with van der Waals surface area (Å²) in [6.45, 7) is 13.2. The number of carbonyl (C=O) groups excluding carboxylic acids is 1. The summed E-state index contributed by atoms with van der Waals surface area (Å²) in [6.07, 6.45) is 0.801. The minimum Gasteiger partial charge on any atom is -0.306 e. The normalized spacial score (nSPS) is 13.4. The maximum absolute atomic E-state index is 13.9. The van der Waals surface area contributed by atoms with Crippen LogP contribution in [0.3, 0.4) is 0 Å². The molecule has 0 unspecified atom stereocenters. The molecule has 1 amide bonds. The molecule has 0 N–H and O–H groups in total. The smallest absolute Gasteiger partial charge is 0.277 e. The van der Waals surface area contributed by atoms with Crippen molar-refractivity contribution < 1.29 is 4.79 Å². The molecular formula is C30H31N3O. The molecule has 0 atom stereocenters. The van der Waals surface area contributed by atoms with Crippen LogP contribution in [0.4, 0.5) is 5.69 Å². The Morgan fingerprint density at radius 3 is 2.18 bits per heavy atom. The average molecular weight is 450 g/mol. The predicted molar refractivity (Wildman–Crippen MR) is 139 cm³/mol.